The predicted octanol–water partition coefficient (Wildman–Crippen LogP) is 3.49. The first-order valence-electron chi connectivity index (χ1n) is 10.6. The van der Waals surface area contributed by atoms with Crippen molar-refractivity contribution < 1.29 is 9.59 Å². The van der Waals surface area contributed by atoms with Crippen LogP contribution in [0.15, 0.2) is 67.6 Å². The highest BCUT2D eigenvalue weighted by Gasteiger charge is 2.46. The van der Waals surface area contributed by atoms with E-state index in [1.807, 2.05) is 37.5 Å². The summed E-state index contributed by atoms with van der Waals surface area (Å²) in [5, 5.41) is 16.6. The largest absolute Gasteiger partial charge is 0.311 e. The number of hydrogen-bond acceptors (Lipinski definition) is 5. The van der Waals surface area contributed by atoms with Gasteiger partial charge in [-0.15, -0.1) is 6.58 Å². The zero-order valence-electron chi connectivity index (χ0n) is 18.4. The van der Waals surface area contributed by atoms with E-state index in [1.165, 1.54) is 0 Å². The molecular formula is C25H24N6O2. The zero-order valence-corrected chi connectivity index (χ0v) is 18.4. The third kappa shape index (κ3) is 4.53. The third-order valence-electron chi connectivity index (χ3n) is 5.78. The number of benzene rings is 1. The van der Waals surface area contributed by atoms with Crippen molar-refractivity contribution in [3.8, 4) is 17.2 Å². The van der Waals surface area contributed by atoms with Crippen molar-refractivity contribution in [2.75, 3.05) is 16.8 Å². The lowest BCUT2D eigenvalue weighted by molar-refractivity contribution is -0.123. The lowest BCUT2D eigenvalue weighted by Crippen LogP contribution is -2.33. The predicted molar refractivity (Wildman–Crippen MR) is 125 cm³/mol. The maximum atomic E-state index is 12.9. The molecule has 0 unspecified atom stereocenters. The first-order chi connectivity index (χ1) is 15.9. The highest BCUT2D eigenvalue weighted by Crippen LogP contribution is 2.38. The number of nitrogens with zero attached hydrogens (tertiary/aromatic N) is 5. The van der Waals surface area contributed by atoms with Gasteiger partial charge < -0.3 is 10.2 Å². The van der Waals surface area contributed by atoms with Crippen LogP contribution in [0, 0.1) is 16.7 Å². The number of hydrogen-bond donors (Lipinski definition) is 1. The fraction of sp³-hybridized carbons (Fsp3) is 0.240. The summed E-state index contributed by atoms with van der Waals surface area (Å²) in [4.78, 5) is 31.4. The Morgan fingerprint density at radius 1 is 1.33 bits per heavy atom. The molecule has 4 rings (SSSR count). The van der Waals surface area contributed by atoms with Crippen LogP contribution in [0.5, 0.6) is 0 Å². The minimum atomic E-state index is -1.08. The van der Waals surface area contributed by atoms with E-state index in [4.69, 9.17) is 0 Å². The quantitative estimate of drug-likeness (QED) is 0.567. The van der Waals surface area contributed by atoms with Gasteiger partial charge in [0, 0.05) is 43.3 Å². The molecule has 0 saturated carbocycles. The molecule has 0 aliphatic carbocycles. The third-order valence-corrected chi connectivity index (χ3v) is 5.78. The first-order valence-corrected chi connectivity index (χ1v) is 10.6. The van der Waals surface area contributed by atoms with E-state index in [9.17, 15) is 14.9 Å². The van der Waals surface area contributed by atoms with Gasteiger partial charge in [-0.3, -0.25) is 14.3 Å². The fourth-order valence-corrected chi connectivity index (χ4v) is 4.06. The molecule has 1 fully saturated rings. The van der Waals surface area contributed by atoms with Crippen LogP contribution in [0.1, 0.15) is 18.4 Å². The number of carbonyl (C=O) groups excluding carboxylic acids is 2. The first kappa shape index (κ1) is 22.0. The Hall–Kier alpha value is -4.25. The Labute approximate surface area is 192 Å². The number of aryl methyl sites for hydroxylation is 1. The minimum absolute atomic E-state index is 0.180. The van der Waals surface area contributed by atoms with Gasteiger partial charge in [-0.05, 0) is 30.0 Å². The molecule has 1 atom stereocenters. The molecular weight excluding hydrogens is 416 g/mol. The Morgan fingerprint density at radius 2 is 2.18 bits per heavy atom. The number of nitriles is 1. The number of nitrogens with one attached hydrogen (secondary N) is 1. The Morgan fingerprint density at radius 3 is 2.91 bits per heavy atom. The van der Waals surface area contributed by atoms with Gasteiger partial charge >= 0.3 is 0 Å². The van der Waals surface area contributed by atoms with Gasteiger partial charge in [0.25, 0.3) is 0 Å². The van der Waals surface area contributed by atoms with Crippen molar-refractivity contribution in [3.05, 3.63) is 73.2 Å². The Bertz CT molecular complexity index is 1260. The van der Waals surface area contributed by atoms with Gasteiger partial charge in [-0.1, -0.05) is 30.3 Å². The topological polar surface area (TPSA) is 104 Å². The fourth-order valence-electron chi connectivity index (χ4n) is 4.06. The molecule has 1 saturated heterocycles. The molecule has 166 valence electrons. The zero-order chi connectivity index (χ0) is 23.4. The maximum Gasteiger partial charge on any atom is 0.247 e. The van der Waals surface area contributed by atoms with E-state index in [-0.39, 0.29) is 18.2 Å². The van der Waals surface area contributed by atoms with Crippen molar-refractivity contribution in [3.63, 3.8) is 0 Å². The van der Waals surface area contributed by atoms with E-state index >= 15 is 0 Å². The highest BCUT2D eigenvalue weighted by molar-refractivity contribution is 6.02. The maximum absolute atomic E-state index is 12.9. The normalized spacial score (nSPS) is 17.6. The lowest BCUT2D eigenvalue weighted by atomic mass is 9.84. The molecule has 1 aliphatic rings. The molecule has 1 aromatic carbocycles. The van der Waals surface area contributed by atoms with E-state index in [0.717, 1.165) is 16.7 Å². The summed E-state index contributed by atoms with van der Waals surface area (Å²) in [5.41, 5.74) is 2.36. The standard InChI is InChI=1S/C25H24N6O2/c1-3-8-25(17-26)9-11-31(24(25)33)21-7-10-27-22(14-21)29-23(32)13-18-5-4-6-19(12-18)20-15-28-30(2)16-20/h3-7,10,12,14-16H,1,8-9,11,13H2,2H3,(H,27,29,32)/t25-/m1/s1. The van der Waals surface area contributed by atoms with Crippen LogP contribution in [0.25, 0.3) is 11.1 Å². The van der Waals surface area contributed by atoms with Gasteiger partial charge in [-0.25, -0.2) is 4.98 Å². The molecule has 1 N–H and O–H groups in total. The summed E-state index contributed by atoms with van der Waals surface area (Å²) in [6.07, 6.45) is 7.78. The molecule has 0 radical (unpaired) electrons. The van der Waals surface area contributed by atoms with Gasteiger partial charge in [0.05, 0.1) is 18.7 Å². The van der Waals surface area contributed by atoms with Crippen molar-refractivity contribution in [1.82, 2.24) is 14.8 Å². The highest BCUT2D eigenvalue weighted by atomic mass is 16.2. The Kier molecular flexibility index (Phi) is 6.05. The van der Waals surface area contributed by atoms with Crippen LogP contribution >= 0.6 is 0 Å². The monoisotopic (exact) mass is 440 g/mol. The molecule has 0 spiro atoms. The summed E-state index contributed by atoms with van der Waals surface area (Å²) < 4.78 is 1.73. The van der Waals surface area contributed by atoms with Gasteiger partial charge in [-0.2, -0.15) is 10.4 Å². The van der Waals surface area contributed by atoms with Crippen LogP contribution in [-0.4, -0.2) is 33.1 Å². The van der Waals surface area contributed by atoms with E-state index in [2.05, 4.69) is 28.0 Å². The summed E-state index contributed by atoms with van der Waals surface area (Å²) in [5.74, 6) is -0.110. The SMILES string of the molecule is C=CC[C@]1(C#N)CCN(c2ccnc(NC(=O)Cc3cccc(-c4cnn(C)c4)c3)c2)C1=O. The van der Waals surface area contributed by atoms with Crippen molar-refractivity contribution >= 4 is 23.3 Å². The van der Waals surface area contributed by atoms with Crippen molar-refractivity contribution in [2.24, 2.45) is 12.5 Å². The number of anilines is 2. The van der Waals surface area contributed by atoms with Crippen LogP contribution in [0.2, 0.25) is 0 Å². The molecule has 3 aromatic rings. The number of pyridine rings is 1. The second-order valence-corrected chi connectivity index (χ2v) is 8.12. The van der Waals surface area contributed by atoms with E-state index < -0.39 is 5.41 Å². The van der Waals surface area contributed by atoms with E-state index in [0.29, 0.717) is 30.9 Å². The van der Waals surface area contributed by atoms with Gasteiger partial charge in [0.15, 0.2) is 0 Å². The lowest BCUT2D eigenvalue weighted by Gasteiger charge is -2.20. The van der Waals surface area contributed by atoms with Crippen molar-refractivity contribution in [2.45, 2.75) is 19.3 Å². The second kappa shape index (κ2) is 9.09. The molecule has 0 bridgehead atoms. The summed E-state index contributed by atoms with van der Waals surface area (Å²) >= 11 is 0. The number of allylic oxidation sites excluding steroid dienone is 1. The number of carbonyl (C=O) groups is 2. The summed E-state index contributed by atoms with van der Waals surface area (Å²) in [7, 11) is 1.86. The van der Waals surface area contributed by atoms with Crippen LogP contribution < -0.4 is 10.2 Å². The molecule has 33 heavy (non-hydrogen) atoms. The second-order valence-electron chi connectivity index (χ2n) is 8.12. The summed E-state index contributed by atoms with van der Waals surface area (Å²) in [6.45, 7) is 4.10. The number of amides is 2. The average molecular weight is 441 g/mol. The molecule has 3 heterocycles. The number of rotatable bonds is 7. The molecule has 8 nitrogen and oxygen atoms in total. The number of aromatic nitrogens is 3. The molecule has 1 aliphatic heterocycles. The average Bonchev–Trinajstić information content (AvgIpc) is 3.38. The smallest absolute Gasteiger partial charge is 0.247 e. The molecule has 8 heteroatoms. The van der Waals surface area contributed by atoms with Crippen LogP contribution in [0.4, 0.5) is 11.5 Å². The van der Waals surface area contributed by atoms with Gasteiger partial charge in [0.2, 0.25) is 11.8 Å². The molecule has 2 aromatic heterocycles. The minimum Gasteiger partial charge on any atom is -0.311 e. The Balaban J connectivity index is 1.45. The molecule has 2 amide bonds. The van der Waals surface area contributed by atoms with Gasteiger partial charge in [0.1, 0.15) is 11.2 Å². The van der Waals surface area contributed by atoms with E-state index in [1.54, 1.807) is 40.2 Å². The van der Waals surface area contributed by atoms with Crippen LogP contribution in [0.3, 0.4) is 0 Å². The van der Waals surface area contributed by atoms with Crippen molar-refractivity contribution in [1.29, 1.82) is 5.26 Å². The van der Waals surface area contributed by atoms with Crippen LogP contribution in [-0.2, 0) is 23.1 Å². The summed E-state index contributed by atoms with van der Waals surface area (Å²) in [6, 6.07) is 13.3.